The first-order valence-electron chi connectivity index (χ1n) is 18.4. The molecule has 10 rings (SSSR count). The summed E-state index contributed by atoms with van der Waals surface area (Å²) in [6.07, 6.45) is 0. The molecule has 1 aromatic heterocycles. The minimum atomic E-state index is 1.11. The van der Waals surface area contributed by atoms with Gasteiger partial charge in [-0.3, -0.25) is 0 Å². The van der Waals surface area contributed by atoms with Gasteiger partial charge in [0.1, 0.15) is 0 Å². The van der Waals surface area contributed by atoms with Gasteiger partial charge in [-0.05, 0) is 97.7 Å². The number of benzene rings is 9. The van der Waals surface area contributed by atoms with Crippen LogP contribution in [0.3, 0.4) is 0 Å². The van der Waals surface area contributed by atoms with Crippen LogP contribution in [0.2, 0.25) is 0 Å². The van der Waals surface area contributed by atoms with Crippen LogP contribution in [-0.4, -0.2) is 0 Å². The zero-order valence-corrected chi connectivity index (χ0v) is 30.4. The van der Waals surface area contributed by atoms with Gasteiger partial charge < -0.3 is 4.90 Å². The molecule has 0 fully saturated rings. The maximum atomic E-state index is 2.46. The van der Waals surface area contributed by atoms with Gasteiger partial charge in [-0.15, -0.1) is 11.3 Å². The second-order valence-corrected chi connectivity index (χ2v) is 14.8. The zero-order valence-electron chi connectivity index (χ0n) is 29.6. The fourth-order valence-corrected chi connectivity index (χ4v) is 9.09. The molecule has 0 saturated carbocycles. The maximum absolute atomic E-state index is 2.46. The van der Waals surface area contributed by atoms with Crippen molar-refractivity contribution in [2.75, 3.05) is 4.90 Å². The third-order valence-corrected chi connectivity index (χ3v) is 11.7. The molecule has 9 aromatic carbocycles. The molecule has 1 heterocycles. The van der Waals surface area contributed by atoms with Crippen molar-refractivity contribution in [3.8, 4) is 44.5 Å². The van der Waals surface area contributed by atoms with Crippen LogP contribution in [0, 0.1) is 0 Å². The molecule has 10 aromatic rings. The van der Waals surface area contributed by atoms with Gasteiger partial charge in [0.2, 0.25) is 0 Å². The van der Waals surface area contributed by atoms with Gasteiger partial charge in [-0.1, -0.05) is 170 Å². The Kier molecular flexibility index (Phi) is 8.09. The number of nitrogens with zero attached hydrogens (tertiary/aromatic N) is 1. The summed E-state index contributed by atoms with van der Waals surface area (Å²) >= 11 is 1.87. The van der Waals surface area contributed by atoms with Crippen LogP contribution in [0.1, 0.15) is 0 Å². The molecule has 2 heteroatoms. The average molecular weight is 706 g/mol. The van der Waals surface area contributed by atoms with E-state index in [2.05, 4.69) is 217 Å². The van der Waals surface area contributed by atoms with E-state index < -0.39 is 0 Å². The molecule has 0 aliphatic carbocycles. The smallest absolute Gasteiger partial charge is 0.0640 e. The second-order valence-electron chi connectivity index (χ2n) is 13.7. The highest BCUT2D eigenvalue weighted by molar-refractivity contribution is 7.26. The molecule has 0 aliphatic rings. The predicted octanol–water partition coefficient (Wildman–Crippen LogP) is 15.3. The molecule has 0 atom stereocenters. The molecular weight excluding hydrogens is 671 g/mol. The quantitative estimate of drug-likeness (QED) is 0.160. The Hall–Kier alpha value is -6.74. The molecule has 0 N–H and O–H groups in total. The summed E-state index contributed by atoms with van der Waals surface area (Å²) in [5.74, 6) is 0. The van der Waals surface area contributed by atoms with Gasteiger partial charge in [-0.25, -0.2) is 0 Å². The Balaban J connectivity index is 1.19. The van der Waals surface area contributed by atoms with E-state index >= 15 is 0 Å². The van der Waals surface area contributed by atoms with Gasteiger partial charge in [0, 0.05) is 26.8 Å². The van der Waals surface area contributed by atoms with E-state index in [-0.39, 0.29) is 0 Å². The first-order chi connectivity index (χ1) is 26.8. The summed E-state index contributed by atoms with van der Waals surface area (Å²) in [5, 5.41) is 5.06. The van der Waals surface area contributed by atoms with Crippen molar-refractivity contribution in [3.05, 3.63) is 212 Å². The van der Waals surface area contributed by atoms with Crippen LogP contribution in [0.25, 0.3) is 75.5 Å². The van der Waals surface area contributed by atoms with Crippen LogP contribution in [0.4, 0.5) is 17.1 Å². The Labute approximate surface area is 319 Å². The number of hydrogen-bond acceptors (Lipinski definition) is 2. The molecule has 254 valence electrons. The fraction of sp³-hybridized carbons (Fsp3) is 0. The predicted molar refractivity (Wildman–Crippen MR) is 233 cm³/mol. The van der Waals surface area contributed by atoms with Crippen LogP contribution in [0.15, 0.2) is 212 Å². The zero-order chi connectivity index (χ0) is 35.8. The number of thiophene rings is 1. The lowest BCUT2D eigenvalue weighted by atomic mass is 9.93. The largest absolute Gasteiger partial charge is 0.309 e. The van der Waals surface area contributed by atoms with Gasteiger partial charge in [0.15, 0.2) is 0 Å². The van der Waals surface area contributed by atoms with Gasteiger partial charge in [-0.2, -0.15) is 0 Å². The first-order valence-corrected chi connectivity index (χ1v) is 19.2. The molecule has 0 amide bonds. The first kappa shape index (κ1) is 32.0. The highest BCUT2D eigenvalue weighted by Crippen LogP contribution is 2.47. The Morgan fingerprint density at radius 3 is 1.69 bits per heavy atom. The highest BCUT2D eigenvalue weighted by Gasteiger charge is 2.20. The molecule has 0 radical (unpaired) electrons. The van der Waals surface area contributed by atoms with Crippen LogP contribution in [-0.2, 0) is 0 Å². The summed E-state index contributed by atoms with van der Waals surface area (Å²) in [5.41, 5.74) is 13.0. The van der Waals surface area contributed by atoms with E-state index in [1.165, 1.54) is 81.1 Å². The van der Waals surface area contributed by atoms with Crippen LogP contribution >= 0.6 is 11.3 Å². The lowest BCUT2D eigenvalue weighted by Crippen LogP contribution is -2.10. The minimum absolute atomic E-state index is 1.11. The van der Waals surface area contributed by atoms with E-state index in [1.54, 1.807) is 0 Å². The normalized spacial score (nSPS) is 11.3. The molecular formula is C52H35NS. The number of fused-ring (bicyclic) bond motifs is 4. The van der Waals surface area contributed by atoms with E-state index in [1.807, 2.05) is 11.3 Å². The minimum Gasteiger partial charge on any atom is -0.309 e. The summed E-state index contributed by atoms with van der Waals surface area (Å²) in [6.45, 7) is 0. The van der Waals surface area contributed by atoms with Crippen molar-refractivity contribution in [2.45, 2.75) is 0 Å². The van der Waals surface area contributed by atoms with Gasteiger partial charge >= 0.3 is 0 Å². The Bertz CT molecular complexity index is 2930. The van der Waals surface area contributed by atoms with E-state index in [0.717, 1.165) is 11.4 Å². The second kappa shape index (κ2) is 13.7. The topological polar surface area (TPSA) is 3.24 Å². The summed E-state index contributed by atoms with van der Waals surface area (Å²) in [6, 6.07) is 77.2. The number of rotatable bonds is 7. The molecule has 0 bridgehead atoms. The van der Waals surface area contributed by atoms with Crippen molar-refractivity contribution in [1.29, 1.82) is 0 Å². The van der Waals surface area contributed by atoms with Crippen LogP contribution < -0.4 is 4.90 Å². The van der Waals surface area contributed by atoms with Gasteiger partial charge in [0.25, 0.3) is 0 Å². The van der Waals surface area contributed by atoms with Gasteiger partial charge in [0.05, 0.1) is 10.4 Å². The third kappa shape index (κ3) is 5.74. The highest BCUT2D eigenvalue weighted by atomic mass is 32.1. The summed E-state index contributed by atoms with van der Waals surface area (Å²) in [4.78, 5) is 2.46. The Morgan fingerprint density at radius 2 is 0.907 bits per heavy atom. The SMILES string of the molecule is c1ccc(-c2ccc(N(c3cccc(-c4ccc5cccc(-c6ccccc6)c5c4)c3)c3cccc4c3sc3ccccc34)cc2-c2ccccc2)cc1. The van der Waals surface area contributed by atoms with Crippen molar-refractivity contribution in [3.63, 3.8) is 0 Å². The van der Waals surface area contributed by atoms with E-state index in [4.69, 9.17) is 0 Å². The standard InChI is InChI=1S/C52H35NS/c1-4-15-36(16-5-1)44-25-13-21-39-29-30-41(34-48(39)44)40-22-12-23-42(33-40)53(50-27-14-26-47-46-24-10-11-28-51(46)54-52(47)50)43-31-32-45(37-17-6-2-7-18-37)49(35-43)38-19-8-3-9-20-38/h1-35H. The molecule has 54 heavy (non-hydrogen) atoms. The summed E-state index contributed by atoms with van der Waals surface area (Å²) in [7, 11) is 0. The van der Waals surface area contributed by atoms with Crippen molar-refractivity contribution in [1.82, 2.24) is 0 Å². The number of hydrogen-bond donors (Lipinski definition) is 0. The van der Waals surface area contributed by atoms with Crippen molar-refractivity contribution in [2.24, 2.45) is 0 Å². The van der Waals surface area contributed by atoms with Crippen molar-refractivity contribution >= 4 is 59.3 Å². The van der Waals surface area contributed by atoms with Crippen molar-refractivity contribution < 1.29 is 0 Å². The molecule has 0 saturated heterocycles. The van der Waals surface area contributed by atoms with E-state index in [0.29, 0.717) is 0 Å². The van der Waals surface area contributed by atoms with E-state index in [9.17, 15) is 0 Å². The number of anilines is 3. The maximum Gasteiger partial charge on any atom is 0.0640 e. The molecule has 0 spiro atoms. The molecule has 0 aliphatic heterocycles. The monoisotopic (exact) mass is 705 g/mol. The van der Waals surface area contributed by atoms with Crippen LogP contribution in [0.5, 0.6) is 0 Å². The summed E-state index contributed by atoms with van der Waals surface area (Å²) < 4.78 is 2.57. The lowest BCUT2D eigenvalue weighted by Gasteiger charge is -2.28. The third-order valence-electron chi connectivity index (χ3n) is 10.5. The molecule has 0 unspecified atom stereocenters. The lowest BCUT2D eigenvalue weighted by molar-refractivity contribution is 1.30. The Morgan fingerprint density at radius 1 is 0.315 bits per heavy atom. The average Bonchev–Trinajstić information content (AvgIpc) is 3.64. The fourth-order valence-electron chi connectivity index (χ4n) is 7.88. The molecule has 1 nitrogen and oxygen atoms in total.